The lowest BCUT2D eigenvalue weighted by molar-refractivity contribution is -0.138. The first-order valence-electron chi connectivity index (χ1n) is 26.8. The zero-order valence-electron chi connectivity index (χ0n) is 46.9. The Labute approximate surface area is 499 Å². The molecule has 3 rings (SSSR count). The minimum absolute atomic E-state index is 0.122. The number of nitrogens with two attached hydrogens (primary N) is 3. The van der Waals surface area contributed by atoms with Crippen molar-refractivity contribution in [2.24, 2.45) is 17.2 Å². The third-order valence-corrected chi connectivity index (χ3v) is 13.6. The van der Waals surface area contributed by atoms with Gasteiger partial charge < -0.3 is 90.7 Å². The summed E-state index contributed by atoms with van der Waals surface area (Å²) in [4.78, 5) is 175. The second kappa shape index (κ2) is 35.7. The quantitative estimate of drug-likeness (QED) is 0.0189. The number of aliphatic hydroxyl groups excluding tert-OH is 2. The van der Waals surface area contributed by atoms with Gasteiger partial charge in [0.05, 0.1) is 25.2 Å². The highest BCUT2D eigenvalue weighted by molar-refractivity contribution is 7.80. The standard InChI is InChI=1S/C53H76N14O16S2/c1-26(68)43(67-51(81)39(25-85)59-28(3)70)52(82)64-36(20-30-22-57-32-14-8-7-13-31(30)32)48(78)62-34(16-17-42(73)74)46(76)58-23-41(72)60-37(21-40(55)71)49(79)61-33(15-9-10-18-54)47(77)63-35(19-29-11-5-4-6-12-29)50(80)66-44(27(2)69)53(83)65-38(24-84)45(56)75/h4-8,11-14,22,26-27,33-39,43-44,57,68-69,84-85H,9-10,15-21,23-25,54H2,1-3H3,(H2,55,71)(H2,56,75)(H,58,76)(H,59,70)(H,60,72)(H,61,79)(H,62,78)(H,63,77)(H,64,82)(H,65,83)(H,66,80)(H,67,81)(H,73,74)/t26-,27-,33+,34+,35+,36+,37+,38+,39+,43+,44+/m1/s1. The number of carboxylic acid groups (broad SMARTS) is 1. The number of carbonyl (C=O) groups excluding carboxylic acids is 12. The van der Waals surface area contributed by atoms with E-state index in [1.807, 2.05) is 0 Å². The molecule has 0 spiro atoms. The SMILES string of the molecule is CC(=O)N[C@@H](CS)C(=O)N[C@H](C(=O)N[C@@H](Cc1c[nH]c2ccccc12)C(=O)N[C@@H](CCC(=O)O)C(=O)NCC(=O)N[C@@H](CC(N)=O)C(=O)N[C@@H](CCCCN)C(=O)N[C@@H](Cc1ccccc1)C(=O)N[C@H](C(=O)N[C@@H](CS)C(N)=O)[C@@H](C)O)[C@@H](C)O. The average molecular weight is 1230 g/mol. The van der Waals surface area contributed by atoms with Crippen molar-refractivity contribution in [3.05, 3.63) is 71.9 Å². The summed E-state index contributed by atoms with van der Waals surface area (Å²) in [5.74, 6) is -13.9. The molecule has 0 saturated heterocycles. The summed E-state index contributed by atoms with van der Waals surface area (Å²) < 4.78 is 0. The van der Waals surface area contributed by atoms with Gasteiger partial charge in [0, 0.05) is 54.8 Å². The van der Waals surface area contributed by atoms with E-state index in [1.165, 1.54) is 13.8 Å². The van der Waals surface area contributed by atoms with E-state index < -0.39 is 169 Å². The number of aromatic nitrogens is 1. The third-order valence-electron chi connectivity index (χ3n) is 12.8. The molecule has 32 heteroatoms. The van der Waals surface area contributed by atoms with Gasteiger partial charge in [0.15, 0.2) is 0 Å². The number of H-pyrrole nitrogens is 1. The molecule has 3 aromatic rings. The Hall–Kier alpha value is -8.33. The van der Waals surface area contributed by atoms with E-state index in [-0.39, 0.29) is 43.7 Å². The zero-order valence-corrected chi connectivity index (χ0v) is 48.7. The van der Waals surface area contributed by atoms with Gasteiger partial charge in [-0.25, -0.2) is 0 Å². The highest BCUT2D eigenvalue weighted by atomic mass is 32.1. The fourth-order valence-corrected chi connectivity index (χ4v) is 8.87. The van der Waals surface area contributed by atoms with Crippen molar-refractivity contribution >= 4 is 113 Å². The molecule has 0 unspecified atom stereocenters. The highest BCUT2D eigenvalue weighted by Gasteiger charge is 2.37. The van der Waals surface area contributed by atoms with Crippen molar-refractivity contribution < 1.29 is 77.6 Å². The van der Waals surface area contributed by atoms with Crippen molar-refractivity contribution in [2.75, 3.05) is 24.6 Å². The molecule has 1 aromatic heterocycles. The van der Waals surface area contributed by atoms with Crippen molar-refractivity contribution in [3.8, 4) is 0 Å². The van der Waals surface area contributed by atoms with Gasteiger partial charge in [0.2, 0.25) is 70.9 Å². The number of carbonyl (C=O) groups is 13. The Bertz CT molecular complexity index is 2840. The fourth-order valence-electron chi connectivity index (χ4n) is 8.34. The molecule has 0 radical (unpaired) electrons. The Balaban J connectivity index is 1.88. The van der Waals surface area contributed by atoms with E-state index in [2.05, 4.69) is 83.4 Å². The molecule has 2 aromatic carbocycles. The minimum atomic E-state index is -1.82. The summed E-state index contributed by atoms with van der Waals surface area (Å²) in [6.07, 6.45) is -3.78. The van der Waals surface area contributed by atoms with Gasteiger partial charge in [-0.3, -0.25) is 62.3 Å². The van der Waals surface area contributed by atoms with Gasteiger partial charge in [-0.1, -0.05) is 48.5 Å². The van der Waals surface area contributed by atoms with Gasteiger partial charge in [-0.05, 0) is 63.3 Å². The number of benzene rings is 2. The topological polar surface area (TPSA) is 497 Å². The van der Waals surface area contributed by atoms with Crippen LogP contribution in [0, 0.1) is 0 Å². The molecule has 0 bridgehead atoms. The lowest BCUT2D eigenvalue weighted by Gasteiger charge is -2.28. The number of rotatable bonds is 37. The van der Waals surface area contributed by atoms with Crippen LogP contribution in [0.4, 0.5) is 0 Å². The first-order chi connectivity index (χ1) is 40.2. The van der Waals surface area contributed by atoms with E-state index in [0.29, 0.717) is 28.5 Å². The zero-order chi connectivity index (χ0) is 63.5. The van der Waals surface area contributed by atoms with E-state index >= 15 is 0 Å². The number of amides is 12. The van der Waals surface area contributed by atoms with Gasteiger partial charge in [0.25, 0.3) is 0 Å². The summed E-state index contributed by atoms with van der Waals surface area (Å²) in [7, 11) is 0. The molecule has 12 amide bonds. The molecule has 466 valence electrons. The van der Waals surface area contributed by atoms with Crippen LogP contribution in [-0.2, 0) is 75.2 Å². The van der Waals surface area contributed by atoms with Gasteiger partial charge in [0.1, 0.15) is 54.4 Å². The molecule has 20 N–H and O–H groups in total. The van der Waals surface area contributed by atoms with Crippen molar-refractivity contribution in [2.45, 2.75) is 139 Å². The van der Waals surface area contributed by atoms with Crippen LogP contribution in [0.2, 0.25) is 0 Å². The summed E-state index contributed by atoms with van der Waals surface area (Å²) in [5, 5.41) is 55.1. The van der Waals surface area contributed by atoms with Gasteiger partial charge >= 0.3 is 5.97 Å². The van der Waals surface area contributed by atoms with Crippen LogP contribution in [0.1, 0.15) is 70.4 Å². The molecular formula is C53H76N14O16S2. The number of aliphatic carboxylic acids is 1. The molecule has 0 aliphatic heterocycles. The number of hydrogen-bond acceptors (Lipinski definition) is 18. The molecule has 0 aliphatic rings. The number of fused-ring (bicyclic) bond motifs is 1. The van der Waals surface area contributed by atoms with Crippen LogP contribution in [0.3, 0.4) is 0 Å². The smallest absolute Gasteiger partial charge is 0.303 e. The largest absolute Gasteiger partial charge is 0.481 e. The van der Waals surface area contributed by atoms with Crippen LogP contribution in [0.5, 0.6) is 0 Å². The highest BCUT2D eigenvalue weighted by Crippen LogP contribution is 2.20. The minimum Gasteiger partial charge on any atom is -0.481 e. The van der Waals surface area contributed by atoms with Crippen LogP contribution < -0.4 is 70.4 Å². The number of aromatic amines is 1. The number of nitrogens with one attached hydrogen (secondary N) is 11. The van der Waals surface area contributed by atoms with Crippen LogP contribution in [0.15, 0.2) is 60.8 Å². The lowest BCUT2D eigenvalue weighted by atomic mass is 10.0. The van der Waals surface area contributed by atoms with E-state index in [4.69, 9.17) is 17.2 Å². The maximum Gasteiger partial charge on any atom is 0.303 e. The molecule has 11 atom stereocenters. The van der Waals surface area contributed by atoms with Crippen LogP contribution >= 0.6 is 25.3 Å². The number of unbranched alkanes of at least 4 members (excludes halogenated alkanes) is 1. The lowest BCUT2D eigenvalue weighted by Crippen LogP contribution is -2.61. The number of para-hydroxylation sites is 1. The third kappa shape index (κ3) is 24.1. The van der Waals surface area contributed by atoms with Crippen LogP contribution in [0.25, 0.3) is 10.9 Å². The predicted molar refractivity (Wildman–Crippen MR) is 312 cm³/mol. The van der Waals surface area contributed by atoms with Crippen molar-refractivity contribution in [1.82, 2.24) is 58.2 Å². The molecule has 0 saturated carbocycles. The molecule has 30 nitrogen and oxygen atoms in total. The monoisotopic (exact) mass is 1230 g/mol. The predicted octanol–water partition coefficient (Wildman–Crippen LogP) is -5.57. The van der Waals surface area contributed by atoms with E-state index in [0.717, 1.165) is 6.92 Å². The van der Waals surface area contributed by atoms with Crippen LogP contribution in [-0.4, -0.2) is 188 Å². The number of thiol groups is 2. The number of aliphatic hydroxyl groups is 2. The molecule has 0 fully saturated rings. The number of primary amides is 2. The van der Waals surface area contributed by atoms with Crippen molar-refractivity contribution in [3.63, 3.8) is 0 Å². The summed E-state index contributed by atoms with van der Waals surface area (Å²) in [6, 6.07) is 1.10. The molecular weight excluding hydrogens is 1150 g/mol. The van der Waals surface area contributed by atoms with Gasteiger partial charge in [-0.2, -0.15) is 25.3 Å². The number of carboxylic acids is 1. The summed E-state index contributed by atoms with van der Waals surface area (Å²) in [6.45, 7) is 2.69. The summed E-state index contributed by atoms with van der Waals surface area (Å²) in [5.41, 5.74) is 18.1. The Morgan fingerprint density at radius 1 is 0.553 bits per heavy atom. The normalized spacial score (nSPS) is 14.9. The second-order valence-electron chi connectivity index (χ2n) is 19.8. The maximum atomic E-state index is 14.3. The first kappa shape index (κ1) is 70.9. The Morgan fingerprint density at radius 3 is 1.59 bits per heavy atom. The Kier molecular flexibility index (Phi) is 29.8. The second-order valence-corrected chi connectivity index (χ2v) is 20.5. The van der Waals surface area contributed by atoms with Gasteiger partial charge in [-0.15, -0.1) is 0 Å². The maximum absolute atomic E-state index is 14.3. The Morgan fingerprint density at radius 2 is 1.05 bits per heavy atom. The fraction of sp³-hybridized carbons (Fsp3) is 0.491. The van der Waals surface area contributed by atoms with E-state index in [1.54, 1.807) is 60.8 Å². The summed E-state index contributed by atoms with van der Waals surface area (Å²) >= 11 is 8.06. The van der Waals surface area contributed by atoms with E-state index in [9.17, 15) is 77.6 Å². The number of hydrogen-bond donors (Lipinski definition) is 19. The average Bonchev–Trinajstić information content (AvgIpc) is 3.23. The molecule has 85 heavy (non-hydrogen) atoms. The first-order valence-corrected chi connectivity index (χ1v) is 28.1. The molecule has 1 heterocycles. The van der Waals surface area contributed by atoms with Crippen molar-refractivity contribution in [1.29, 1.82) is 0 Å². The molecule has 0 aliphatic carbocycles.